The van der Waals surface area contributed by atoms with Gasteiger partial charge < -0.3 is 9.84 Å². The second-order valence-electron chi connectivity index (χ2n) is 7.95. The molecule has 0 aliphatic carbocycles. The highest BCUT2D eigenvalue weighted by molar-refractivity contribution is 7.99. The Morgan fingerprint density at radius 2 is 1.77 bits per heavy atom. The molecule has 2 aliphatic rings. The number of hydrogen-bond acceptors (Lipinski definition) is 3. The van der Waals surface area contributed by atoms with Crippen molar-refractivity contribution < 1.29 is 14.6 Å². The summed E-state index contributed by atoms with van der Waals surface area (Å²) in [6.45, 7) is 2.27. The van der Waals surface area contributed by atoms with Gasteiger partial charge in [0.2, 0.25) is 0 Å². The average Bonchev–Trinajstić information content (AvgIpc) is 3.22. The number of carbonyl (C=O) groups is 1. The molecule has 0 spiro atoms. The first-order valence-electron chi connectivity index (χ1n) is 10.8. The summed E-state index contributed by atoms with van der Waals surface area (Å²) < 4.78 is 6.20. The van der Waals surface area contributed by atoms with Crippen LogP contribution in [0.4, 0.5) is 0 Å². The number of hydrogen-bond donors (Lipinski definition) is 1. The molecule has 0 radical (unpaired) electrons. The van der Waals surface area contributed by atoms with Gasteiger partial charge in [0, 0.05) is 6.42 Å². The maximum atomic E-state index is 10.5. The predicted molar refractivity (Wildman–Crippen MR) is 111 cm³/mol. The molecule has 0 saturated carbocycles. The number of allylic oxidation sites excluding steroid dienone is 2. The van der Waals surface area contributed by atoms with Crippen molar-refractivity contribution in [3.63, 3.8) is 0 Å². The van der Waals surface area contributed by atoms with Crippen molar-refractivity contribution in [2.24, 2.45) is 11.8 Å². The van der Waals surface area contributed by atoms with Crippen molar-refractivity contribution in [2.75, 3.05) is 11.5 Å². The van der Waals surface area contributed by atoms with E-state index in [0.717, 1.165) is 25.2 Å². The first kappa shape index (κ1) is 21.8. The number of unbranched alkanes of at least 4 members (excludes halogenated alkanes) is 6. The van der Waals surface area contributed by atoms with Crippen LogP contribution in [0, 0.1) is 11.8 Å². The van der Waals surface area contributed by atoms with Crippen LogP contribution in [0.3, 0.4) is 0 Å². The molecule has 26 heavy (non-hydrogen) atoms. The lowest BCUT2D eigenvalue weighted by Crippen LogP contribution is -2.28. The van der Waals surface area contributed by atoms with Gasteiger partial charge in [0.25, 0.3) is 0 Å². The van der Waals surface area contributed by atoms with Gasteiger partial charge in [-0.2, -0.15) is 11.8 Å². The number of ether oxygens (including phenoxy) is 1. The van der Waals surface area contributed by atoms with Gasteiger partial charge in [0.15, 0.2) is 0 Å². The highest BCUT2D eigenvalue weighted by Crippen LogP contribution is 2.46. The van der Waals surface area contributed by atoms with Crippen molar-refractivity contribution in [3.05, 3.63) is 12.2 Å². The maximum absolute atomic E-state index is 10.5. The third-order valence-electron chi connectivity index (χ3n) is 5.88. The van der Waals surface area contributed by atoms with Crippen molar-refractivity contribution in [1.82, 2.24) is 0 Å². The number of aliphatic carboxylic acids is 1. The minimum Gasteiger partial charge on any atom is -0.481 e. The Hall–Kier alpha value is -0.480. The highest BCUT2D eigenvalue weighted by atomic mass is 32.2. The molecule has 2 heterocycles. The summed E-state index contributed by atoms with van der Waals surface area (Å²) in [6, 6.07) is 0. The predicted octanol–water partition coefficient (Wildman–Crippen LogP) is 6.07. The lowest BCUT2D eigenvalue weighted by Gasteiger charge is -2.27. The molecule has 4 atom stereocenters. The third-order valence-corrected chi connectivity index (χ3v) is 7.08. The summed E-state index contributed by atoms with van der Waals surface area (Å²) in [6.07, 6.45) is 19.2. The maximum Gasteiger partial charge on any atom is 0.303 e. The molecule has 0 aromatic carbocycles. The van der Waals surface area contributed by atoms with Crippen molar-refractivity contribution >= 4 is 17.7 Å². The van der Waals surface area contributed by atoms with Crippen LogP contribution in [0.15, 0.2) is 12.2 Å². The third kappa shape index (κ3) is 7.64. The summed E-state index contributed by atoms with van der Waals surface area (Å²) in [4.78, 5) is 10.5. The Balaban J connectivity index is 1.60. The van der Waals surface area contributed by atoms with E-state index >= 15 is 0 Å². The summed E-state index contributed by atoms with van der Waals surface area (Å²) in [5.41, 5.74) is 0. The monoisotopic (exact) mass is 382 g/mol. The molecule has 0 aromatic heterocycles. The Bertz CT molecular complexity index is 424. The molecule has 2 fully saturated rings. The summed E-state index contributed by atoms with van der Waals surface area (Å²) in [5.74, 6) is 3.28. The molecule has 2 aliphatic heterocycles. The van der Waals surface area contributed by atoms with Crippen LogP contribution < -0.4 is 0 Å². The standard InChI is InChI=1S/C22H38O3S/c1-2-3-4-5-8-11-16-26-17-19-18(20-14-15-21(19)25-20)12-9-6-7-10-13-22(23)24/h6,9,18-21H,2-5,7-8,10-17H2,1H3,(H,23,24)/b9-6-/t18-,19+,20-,21+/m1/s1. The summed E-state index contributed by atoms with van der Waals surface area (Å²) in [7, 11) is 0. The van der Waals surface area contributed by atoms with Gasteiger partial charge in [-0.15, -0.1) is 0 Å². The molecular formula is C22H38O3S. The first-order chi connectivity index (χ1) is 12.7. The van der Waals surface area contributed by atoms with Crippen LogP contribution in [0.2, 0.25) is 0 Å². The smallest absolute Gasteiger partial charge is 0.303 e. The van der Waals surface area contributed by atoms with Gasteiger partial charge in [0.05, 0.1) is 12.2 Å². The molecule has 3 nitrogen and oxygen atoms in total. The van der Waals surface area contributed by atoms with Crippen LogP contribution in [-0.2, 0) is 9.53 Å². The molecule has 0 unspecified atom stereocenters. The molecule has 1 N–H and O–H groups in total. The van der Waals surface area contributed by atoms with Crippen LogP contribution >= 0.6 is 11.8 Å². The molecule has 2 rings (SSSR count). The summed E-state index contributed by atoms with van der Waals surface area (Å²) in [5, 5.41) is 8.68. The Morgan fingerprint density at radius 3 is 2.54 bits per heavy atom. The van der Waals surface area contributed by atoms with E-state index in [0.29, 0.717) is 18.1 Å². The van der Waals surface area contributed by atoms with E-state index in [4.69, 9.17) is 9.84 Å². The van der Waals surface area contributed by atoms with E-state index in [-0.39, 0.29) is 6.42 Å². The minimum absolute atomic E-state index is 0.277. The zero-order valence-corrected chi connectivity index (χ0v) is 17.4. The normalized spacial score (nSPS) is 27.6. The van der Waals surface area contributed by atoms with Gasteiger partial charge in [0.1, 0.15) is 0 Å². The zero-order chi connectivity index (χ0) is 18.6. The van der Waals surface area contributed by atoms with Gasteiger partial charge in [-0.1, -0.05) is 51.2 Å². The Labute approximate surface area is 164 Å². The van der Waals surface area contributed by atoms with Crippen LogP contribution in [-0.4, -0.2) is 34.8 Å². The summed E-state index contributed by atoms with van der Waals surface area (Å²) >= 11 is 2.14. The number of thioether (sulfide) groups is 1. The van der Waals surface area contributed by atoms with E-state index in [1.54, 1.807) is 0 Å². The van der Waals surface area contributed by atoms with E-state index in [1.165, 1.54) is 62.9 Å². The second kappa shape index (κ2) is 12.8. The van der Waals surface area contributed by atoms with E-state index in [1.807, 2.05) is 0 Å². The Kier molecular flexibility index (Phi) is 10.8. The molecule has 4 heteroatoms. The fraction of sp³-hybridized carbons (Fsp3) is 0.864. The fourth-order valence-electron chi connectivity index (χ4n) is 4.37. The molecule has 0 aromatic rings. The van der Waals surface area contributed by atoms with E-state index in [9.17, 15) is 4.79 Å². The molecule has 150 valence electrons. The van der Waals surface area contributed by atoms with Gasteiger partial charge >= 0.3 is 5.97 Å². The highest BCUT2D eigenvalue weighted by Gasteiger charge is 2.47. The topological polar surface area (TPSA) is 46.5 Å². The number of carboxylic acids is 1. The van der Waals surface area contributed by atoms with E-state index in [2.05, 4.69) is 30.8 Å². The zero-order valence-electron chi connectivity index (χ0n) is 16.5. The second-order valence-corrected chi connectivity index (χ2v) is 9.10. The average molecular weight is 383 g/mol. The number of fused-ring (bicyclic) bond motifs is 2. The lowest BCUT2D eigenvalue weighted by atomic mass is 9.78. The van der Waals surface area contributed by atoms with Crippen molar-refractivity contribution in [2.45, 2.75) is 96.2 Å². The lowest BCUT2D eigenvalue weighted by molar-refractivity contribution is -0.137. The quantitative estimate of drug-likeness (QED) is 0.275. The van der Waals surface area contributed by atoms with Crippen LogP contribution in [0.5, 0.6) is 0 Å². The van der Waals surface area contributed by atoms with Gasteiger partial charge in [-0.25, -0.2) is 0 Å². The first-order valence-corrected chi connectivity index (χ1v) is 12.0. The van der Waals surface area contributed by atoms with Crippen LogP contribution in [0.25, 0.3) is 0 Å². The van der Waals surface area contributed by atoms with Gasteiger partial charge in [-0.05, 0) is 61.9 Å². The number of rotatable bonds is 15. The number of carboxylic acid groups (broad SMARTS) is 1. The fourth-order valence-corrected chi connectivity index (χ4v) is 5.68. The molecule has 2 saturated heterocycles. The van der Waals surface area contributed by atoms with Crippen molar-refractivity contribution in [3.8, 4) is 0 Å². The van der Waals surface area contributed by atoms with Crippen LogP contribution in [0.1, 0.15) is 84.0 Å². The molecule has 2 bridgehead atoms. The SMILES string of the molecule is CCCCCCCCSC[C@H]1[C@@H](C/C=C\CCCC(=O)O)[C@H]2CC[C@@H]1O2. The minimum atomic E-state index is -0.692. The largest absolute Gasteiger partial charge is 0.481 e. The molecule has 0 amide bonds. The van der Waals surface area contributed by atoms with Gasteiger partial charge in [-0.3, -0.25) is 4.79 Å². The molecular weight excluding hydrogens is 344 g/mol. The van der Waals surface area contributed by atoms with Crippen molar-refractivity contribution in [1.29, 1.82) is 0 Å². The Morgan fingerprint density at radius 1 is 1.04 bits per heavy atom. The van der Waals surface area contributed by atoms with E-state index < -0.39 is 5.97 Å².